The van der Waals surface area contributed by atoms with Crippen LogP contribution in [0.1, 0.15) is 31.1 Å². The van der Waals surface area contributed by atoms with Gasteiger partial charge in [-0.15, -0.1) is 0 Å². The SMILES string of the molecule is COC(=O)[C@](OC(C)C)(c1ccccc1)[C@@H](O)c1ccc([N+](=O)[O-])cc1[N+](=O)[O-]. The average molecular weight is 404 g/mol. The topological polar surface area (TPSA) is 142 Å². The Hall–Kier alpha value is -3.37. The van der Waals surface area contributed by atoms with E-state index in [4.69, 9.17) is 9.47 Å². The molecule has 0 bridgehead atoms. The molecule has 2 rings (SSSR count). The summed E-state index contributed by atoms with van der Waals surface area (Å²) in [4.78, 5) is 33.7. The van der Waals surface area contributed by atoms with E-state index >= 15 is 0 Å². The van der Waals surface area contributed by atoms with Crippen LogP contribution in [0.25, 0.3) is 0 Å². The number of non-ortho nitro benzene ring substituents is 1. The highest BCUT2D eigenvalue weighted by Crippen LogP contribution is 2.44. The van der Waals surface area contributed by atoms with Crippen molar-refractivity contribution in [3.05, 3.63) is 79.9 Å². The predicted octanol–water partition coefficient (Wildman–Crippen LogP) is 3.03. The molecular formula is C19H20N2O8. The van der Waals surface area contributed by atoms with Crippen LogP contribution in [0.5, 0.6) is 0 Å². The van der Waals surface area contributed by atoms with Crippen LogP contribution in [-0.2, 0) is 19.9 Å². The molecule has 0 unspecified atom stereocenters. The Morgan fingerprint density at radius 2 is 1.69 bits per heavy atom. The Kier molecular flexibility index (Phi) is 6.62. The number of hydrogen-bond donors (Lipinski definition) is 1. The molecule has 29 heavy (non-hydrogen) atoms. The van der Waals surface area contributed by atoms with Gasteiger partial charge in [0.1, 0.15) is 6.10 Å². The van der Waals surface area contributed by atoms with Gasteiger partial charge in [-0.25, -0.2) is 4.79 Å². The molecule has 10 heteroatoms. The normalized spacial score (nSPS) is 14.1. The summed E-state index contributed by atoms with van der Waals surface area (Å²) in [7, 11) is 1.10. The number of carbonyl (C=O) groups is 1. The van der Waals surface area contributed by atoms with Gasteiger partial charge >= 0.3 is 5.97 Å². The molecule has 2 aromatic rings. The first-order valence-corrected chi connectivity index (χ1v) is 8.57. The van der Waals surface area contributed by atoms with Crippen LogP contribution in [0.3, 0.4) is 0 Å². The number of nitro benzene ring substituents is 2. The second-order valence-electron chi connectivity index (χ2n) is 6.42. The lowest BCUT2D eigenvalue weighted by Gasteiger charge is -2.37. The third kappa shape index (κ3) is 4.23. The molecule has 10 nitrogen and oxygen atoms in total. The van der Waals surface area contributed by atoms with Crippen molar-refractivity contribution in [3.63, 3.8) is 0 Å². The molecule has 0 fully saturated rings. The number of nitro groups is 2. The van der Waals surface area contributed by atoms with E-state index in [0.29, 0.717) is 0 Å². The summed E-state index contributed by atoms with van der Waals surface area (Å²) < 4.78 is 10.7. The molecule has 0 aliphatic rings. The summed E-state index contributed by atoms with van der Waals surface area (Å²) in [6.45, 7) is 3.25. The molecular weight excluding hydrogens is 384 g/mol. The molecule has 154 valence electrons. The number of nitrogens with zero attached hydrogens (tertiary/aromatic N) is 2. The van der Waals surface area contributed by atoms with Crippen LogP contribution in [0.15, 0.2) is 48.5 Å². The Labute approximate surface area is 166 Å². The van der Waals surface area contributed by atoms with Gasteiger partial charge in [-0.1, -0.05) is 30.3 Å². The Morgan fingerprint density at radius 1 is 1.07 bits per heavy atom. The van der Waals surface area contributed by atoms with Crippen molar-refractivity contribution >= 4 is 17.3 Å². The fourth-order valence-electron chi connectivity index (χ4n) is 3.03. The number of benzene rings is 2. The molecule has 0 saturated carbocycles. The fraction of sp³-hybridized carbons (Fsp3) is 0.316. The molecule has 0 aliphatic carbocycles. The van der Waals surface area contributed by atoms with Gasteiger partial charge in [-0.3, -0.25) is 20.2 Å². The van der Waals surface area contributed by atoms with Gasteiger partial charge in [0.25, 0.3) is 11.4 Å². The Balaban J connectivity index is 2.79. The highest BCUT2D eigenvalue weighted by Gasteiger charge is 2.52. The van der Waals surface area contributed by atoms with Crippen LogP contribution in [0, 0.1) is 20.2 Å². The van der Waals surface area contributed by atoms with Crippen LogP contribution in [-0.4, -0.2) is 34.1 Å². The molecule has 0 saturated heterocycles. The predicted molar refractivity (Wildman–Crippen MR) is 101 cm³/mol. The van der Waals surface area contributed by atoms with E-state index in [1.807, 2.05) is 0 Å². The van der Waals surface area contributed by atoms with E-state index in [-0.39, 0.29) is 11.1 Å². The molecule has 0 amide bonds. The van der Waals surface area contributed by atoms with E-state index in [2.05, 4.69) is 0 Å². The molecule has 0 spiro atoms. The maximum absolute atomic E-state index is 12.9. The summed E-state index contributed by atoms with van der Waals surface area (Å²) in [6.07, 6.45) is -2.47. The number of rotatable bonds is 8. The van der Waals surface area contributed by atoms with Crippen LogP contribution in [0.2, 0.25) is 0 Å². The number of hydrogen-bond acceptors (Lipinski definition) is 8. The van der Waals surface area contributed by atoms with Gasteiger partial charge in [0, 0.05) is 6.07 Å². The second kappa shape index (κ2) is 8.76. The van der Waals surface area contributed by atoms with Crippen molar-refractivity contribution in [1.82, 2.24) is 0 Å². The second-order valence-corrected chi connectivity index (χ2v) is 6.42. The van der Waals surface area contributed by atoms with Gasteiger partial charge in [0.2, 0.25) is 5.60 Å². The zero-order valence-electron chi connectivity index (χ0n) is 16.0. The zero-order chi connectivity index (χ0) is 21.8. The monoisotopic (exact) mass is 404 g/mol. The average Bonchev–Trinajstić information content (AvgIpc) is 2.70. The van der Waals surface area contributed by atoms with Crippen molar-refractivity contribution < 1.29 is 29.2 Å². The number of methoxy groups -OCH3 is 1. The Bertz CT molecular complexity index is 916. The summed E-state index contributed by atoms with van der Waals surface area (Å²) in [5, 5.41) is 33.7. The maximum atomic E-state index is 12.9. The first kappa shape index (κ1) is 21.9. The van der Waals surface area contributed by atoms with Gasteiger partial charge < -0.3 is 14.6 Å². The number of aliphatic hydroxyl groups is 1. The van der Waals surface area contributed by atoms with Crippen LogP contribution in [0.4, 0.5) is 11.4 Å². The largest absolute Gasteiger partial charge is 0.467 e. The first-order chi connectivity index (χ1) is 13.6. The fourth-order valence-corrected chi connectivity index (χ4v) is 3.03. The number of carbonyl (C=O) groups excluding carboxylic acids is 1. The highest BCUT2D eigenvalue weighted by atomic mass is 16.6. The summed E-state index contributed by atoms with van der Waals surface area (Å²) in [5.74, 6) is -0.974. The zero-order valence-corrected chi connectivity index (χ0v) is 16.0. The molecule has 0 radical (unpaired) electrons. The van der Waals surface area contributed by atoms with Crippen molar-refractivity contribution in [1.29, 1.82) is 0 Å². The van der Waals surface area contributed by atoms with Crippen molar-refractivity contribution in [2.75, 3.05) is 7.11 Å². The quantitative estimate of drug-likeness (QED) is 0.402. The first-order valence-electron chi connectivity index (χ1n) is 8.57. The van der Waals surface area contributed by atoms with Gasteiger partial charge in [-0.05, 0) is 25.5 Å². The minimum absolute atomic E-state index is 0.209. The molecule has 0 aromatic heterocycles. The standard InChI is InChI=1S/C19H20N2O8/c1-12(2)29-19(18(23)28-3,13-7-5-4-6-8-13)17(22)15-10-9-14(20(24)25)11-16(15)21(26)27/h4-12,17,22H,1-3H3/t17-,19-/m0/s1. The Morgan fingerprint density at radius 3 is 2.17 bits per heavy atom. The molecule has 1 N–H and O–H groups in total. The number of ether oxygens (including phenoxy) is 2. The summed E-state index contributed by atoms with van der Waals surface area (Å²) >= 11 is 0. The van der Waals surface area contributed by atoms with Crippen molar-refractivity contribution in [2.45, 2.75) is 31.7 Å². The number of esters is 1. The van der Waals surface area contributed by atoms with E-state index < -0.39 is 45.0 Å². The van der Waals surface area contributed by atoms with E-state index in [0.717, 1.165) is 25.3 Å². The highest BCUT2D eigenvalue weighted by molar-refractivity contribution is 5.83. The van der Waals surface area contributed by atoms with Crippen LogP contribution >= 0.6 is 0 Å². The lowest BCUT2D eigenvalue weighted by molar-refractivity contribution is -0.395. The maximum Gasteiger partial charge on any atom is 0.346 e. The molecule has 2 atom stereocenters. The van der Waals surface area contributed by atoms with E-state index in [9.17, 15) is 30.1 Å². The smallest absolute Gasteiger partial charge is 0.346 e. The molecule has 0 aliphatic heterocycles. The third-order valence-electron chi connectivity index (χ3n) is 4.21. The minimum atomic E-state index is -2.13. The van der Waals surface area contributed by atoms with E-state index in [1.54, 1.807) is 32.0 Å². The summed E-state index contributed by atoms with van der Waals surface area (Å²) in [6, 6.07) is 10.7. The van der Waals surface area contributed by atoms with E-state index in [1.165, 1.54) is 12.1 Å². The summed E-state index contributed by atoms with van der Waals surface area (Å²) in [5.41, 5.74) is -3.49. The van der Waals surface area contributed by atoms with Gasteiger partial charge in [0.05, 0.1) is 34.7 Å². The lowest BCUT2D eigenvalue weighted by Crippen LogP contribution is -2.47. The molecule has 0 heterocycles. The van der Waals surface area contributed by atoms with Gasteiger partial charge in [0.15, 0.2) is 0 Å². The number of aliphatic hydroxyl groups excluding tert-OH is 1. The lowest BCUT2D eigenvalue weighted by atomic mass is 9.83. The third-order valence-corrected chi connectivity index (χ3v) is 4.21. The molecule has 2 aromatic carbocycles. The van der Waals surface area contributed by atoms with Crippen LogP contribution < -0.4 is 0 Å². The van der Waals surface area contributed by atoms with Crippen molar-refractivity contribution in [3.8, 4) is 0 Å². The minimum Gasteiger partial charge on any atom is -0.467 e. The van der Waals surface area contributed by atoms with Crippen molar-refractivity contribution in [2.24, 2.45) is 0 Å². The van der Waals surface area contributed by atoms with Gasteiger partial charge in [-0.2, -0.15) is 0 Å².